The van der Waals surface area contributed by atoms with E-state index in [1.807, 2.05) is 0 Å². The summed E-state index contributed by atoms with van der Waals surface area (Å²) < 4.78 is 101. The van der Waals surface area contributed by atoms with Crippen LogP contribution in [0.25, 0.3) is 31.2 Å². The van der Waals surface area contributed by atoms with Gasteiger partial charge in [-0.3, -0.25) is 0 Å². The van der Waals surface area contributed by atoms with Crippen molar-refractivity contribution in [3.63, 3.8) is 0 Å². The third-order valence-electron chi connectivity index (χ3n) is 16.2. The van der Waals surface area contributed by atoms with E-state index in [2.05, 4.69) is 93.5 Å². The molecule has 4 heterocycles. The van der Waals surface area contributed by atoms with Crippen LogP contribution in [0.1, 0.15) is 204 Å². The molecule has 6 aromatic rings. The fraction of sp³-hybridized carbons (Fsp3) is 0.567. The fourth-order valence-corrected chi connectivity index (χ4v) is 15.1. The van der Waals surface area contributed by atoms with Crippen molar-refractivity contribution >= 4 is 45.4 Å². The van der Waals surface area contributed by atoms with Crippen LogP contribution in [0.4, 0.5) is 26.3 Å². The van der Waals surface area contributed by atoms with Gasteiger partial charge in [-0.1, -0.05) is 151 Å². The monoisotopic (exact) mass is 1050 g/mol. The largest absolute Gasteiger partial charge is 0.481 e. The number of nitrogens with zero attached hydrogens (tertiary/aromatic N) is 2. The first kappa shape index (κ1) is 56.0. The zero-order valence-corrected chi connectivity index (χ0v) is 46.6. The van der Waals surface area contributed by atoms with Gasteiger partial charge < -0.3 is 4.74 Å². The number of benzene rings is 3. The summed E-state index contributed by atoms with van der Waals surface area (Å²) >= 11 is 4.62. The highest BCUT2D eigenvalue weighted by atomic mass is 32.1. The Morgan fingerprint density at radius 1 is 0.556 bits per heavy atom. The van der Waals surface area contributed by atoms with Gasteiger partial charge in [-0.25, -0.2) is 0 Å². The Balaban J connectivity index is 1.38. The lowest BCUT2D eigenvalue weighted by molar-refractivity contribution is -0.138. The Morgan fingerprint density at radius 2 is 1.06 bits per heavy atom. The number of thiophene rings is 2. The van der Waals surface area contributed by atoms with E-state index in [4.69, 9.17) is 13.5 Å². The third-order valence-corrected chi connectivity index (χ3v) is 19.3. The molecule has 0 N–H and O–H groups in total. The van der Waals surface area contributed by atoms with Gasteiger partial charge in [-0.05, 0) is 128 Å². The fourth-order valence-electron chi connectivity index (χ4n) is 11.6. The molecule has 0 saturated heterocycles. The van der Waals surface area contributed by atoms with Crippen LogP contribution in [0.5, 0.6) is 5.75 Å². The lowest BCUT2D eigenvalue weighted by atomic mass is 9.69. The number of hydrogen-bond acceptors (Lipinski definition) is 6. The van der Waals surface area contributed by atoms with Crippen LogP contribution >= 0.6 is 34.4 Å². The molecular formula is C60H76F6N2OS3. The number of aromatic nitrogens is 2. The third kappa shape index (κ3) is 11.7. The van der Waals surface area contributed by atoms with E-state index in [1.165, 1.54) is 60.4 Å². The highest BCUT2D eigenvalue weighted by Gasteiger charge is 2.46. The molecule has 1 aliphatic rings. The molecule has 0 amide bonds. The van der Waals surface area contributed by atoms with Crippen molar-refractivity contribution in [3.05, 3.63) is 111 Å². The standard InChI is InChI=1S/C60H76F6N2OS3/c1-11-33-57(14-4,43-23-27-45(28-24-43)60(64,65)66)47-30-29-46(52-53(47)68-72-67-52)50-37-49-55(70-50)54-48(36-51(71-54)56(12-2,13-3)42-21-25-44(26-22-42)59(61,62)63)58(69-49,34-31-40(9)19-15-17-38(5)6)35-32-41(10)20-16-18-39(7)8/h21-30,36-41H,11-20,31-35H2,1-10H3. The molecule has 3 aromatic heterocycles. The van der Waals surface area contributed by atoms with E-state index in [0.29, 0.717) is 30.1 Å². The molecule has 12 heteroatoms. The second-order valence-corrected chi connectivity index (χ2v) is 24.6. The minimum atomic E-state index is -4.43. The predicted molar refractivity (Wildman–Crippen MR) is 291 cm³/mol. The Morgan fingerprint density at radius 3 is 1.54 bits per heavy atom. The van der Waals surface area contributed by atoms with E-state index in [1.54, 1.807) is 46.9 Å². The topological polar surface area (TPSA) is 35.0 Å². The van der Waals surface area contributed by atoms with Gasteiger partial charge in [0.2, 0.25) is 0 Å². The van der Waals surface area contributed by atoms with Crippen LogP contribution in [0.3, 0.4) is 0 Å². The first-order valence-electron chi connectivity index (χ1n) is 26.7. The van der Waals surface area contributed by atoms with Gasteiger partial charge in [0.15, 0.2) is 0 Å². The van der Waals surface area contributed by atoms with Crippen molar-refractivity contribution in [2.24, 2.45) is 23.7 Å². The van der Waals surface area contributed by atoms with Crippen molar-refractivity contribution in [1.29, 1.82) is 0 Å². The average Bonchev–Trinajstić information content (AvgIpc) is 4.12. The molecule has 72 heavy (non-hydrogen) atoms. The summed E-state index contributed by atoms with van der Waals surface area (Å²) in [5.74, 6) is 3.17. The molecule has 7 rings (SSSR count). The van der Waals surface area contributed by atoms with Crippen LogP contribution in [-0.4, -0.2) is 8.75 Å². The number of rotatable bonds is 24. The van der Waals surface area contributed by atoms with E-state index >= 15 is 0 Å². The van der Waals surface area contributed by atoms with Crippen LogP contribution in [0.2, 0.25) is 0 Å². The number of hydrogen-bond donors (Lipinski definition) is 0. The molecule has 1 aliphatic heterocycles. The Hall–Kier alpha value is -3.74. The summed E-state index contributed by atoms with van der Waals surface area (Å²) in [5, 5.41) is 0. The minimum Gasteiger partial charge on any atom is -0.481 e. The Kier molecular flexibility index (Phi) is 17.9. The molecule has 3 unspecified atom stereocenters. The van der Waals surface area contributed by atoms with Crippen LogP contribution < -0.4 is 4.74 Å². The van der Waals surface area contributed by atoms with Gasteiger partial charge >= 0.3 is 12.4 Å². The summed E-state index contributed by atoms with van der Waals surface area (Å²) in [6.07, 6.45) is 5.60. The maximum Gasteiger partial charge on any atom is 0.416 e. The van der Waals surface area contributed by atoms with Crippen molar-refractivity contribution < 1.29 is 31.1 Å². The predicted octanol–water partition coefficient (Wildman–Crippen LogP) is 20.9. The Labute approximate surface area is 437 Å². The first-order valence-corrected chi connectivity index (χ1v) is 29.1. The highest BCUT2D eigenvalue weighted by Crippen LogP contribution is 2.60. The normalized spacial score (nSPS) is 17.0. The van der Waals surface area contributed by atoms with E-state index in [-0.39, 0.29) is 0 Å². The molecular weight excluding hydrogens is 975 g/mol. The smallest absolute Gasteiger partial charge is 0.416 e. The molecule has 0 aliphatic carbocycles. The molecule has 0 saturated carbocycles. The lowest BCUT2D eigenvalue weighted by Crippen LogP contribution is -2.36. The van der Waals surface area contributed by atoms with Crippen molar-refractivity contribution in [2.75, 3.05) is 0 Å². The quantitative estimate of drug-likeness (QED) is 0.0567. The van der Waals surface area contributed by atoms with E-state index in [0.717, 1.165) is 130 Å². The molecule has 3 nitrogen and oxygen atoms in total. The Bertz CT molecular complexity index is 2660. The minimum absolute atomic E-state index is 0.501. The molecule has 0 spiro atoms. The van der Waals surface area contributed by atoms with Crippen molar-refractivity contribution in [2.45, 2.75) is 194 Å². The first-order chi connectivity index (χ1) is 34.1. The van der Waals surface area contributed by atoms with Gasteiger partial charge in [0.1, 0.15) is 22.4 Å². The molecule has 3 atom stereocenters. The van der Waals surface area contributed by atoms with E-state index < -0.39 is 39.9 Å². The number of ether oxygens (including phenoxy) is 1. The van der Waals surface area contributed by atoms with Crippen LogP contribution in [0.15, 0.2) is 72.8 Å². The van der Waals surface area contributed by atoms with Crippen LogP contribution in [-0.2, 0) is 28.8 Å². The van der Waals surface area contributed by atoms with Crippen LogP contribution in [0, 0.1) is 23.7 Å². The van der Waals surface area contributed by atoms with Gasteiger partial charge in [-0.15, -0.1) is 22.7 Å². The highest BCUT2D eigenvalue weighted by molar-refractivity contribution is 7.24. The molecule has 0 fully saturated rings. The van der Waals surface area contributed by atoms with Crippen molar-refractivity contribution in [3.8, 4) is 25.9 Å². The summed E-state index contributed by atoms with van der Waals surface area (Å²) in [4.78, 5) is 4.38. The van der Waals surface area contributed by atoms with Gasteiger partial charge in [0.05, 0.1) is 32.6 Å². The van der Waals surface area contributed by atoms with Crippen molar-refractivity contribution in [1.82, 2.24) is 8.75 Å². The number of halogens is 6. The number of fused-ring (bicyclic) bond motifs is 4. The molecule has 0 radical (unpaired) electrons. The second-order valence-electron chi connectivity index (χ2n) is 21.9. The summed E-state index contributed by atoms with van der Waals surface area (Å²) in [5.41, 5.74) is 3.30. The maximum absolute atomic E-state index is 13.9. The SMILES string of the molecule is CCCC(CC)(c1ccc(C(F)(F)F)cc1)c1ccc(-c2cc3c(s2)-c2sc(C(CC)(CC)c4ccc(C(F)(F)F)cc4)cc2C(CCC(C)CCCC(C)C)(CCC(C)CCCC(C)C)O3)c2nsnc12. The molecule has 3 aromatic carbocycles. The zero-order chi connectivity index (χ0) is 52.2. The maximum atomic E-state index is 13.9. The van der Waals surface area contributed by atoms with Gasteiger partial charge in [-0.2, -0.15) is 35.1 Å². The zero-order valence-electron chi connectivity index (χ0n) is 44.1. The summed E-state index contributed by atoms with van der Waals surface area (Å²) in [7, 11) is 0. The van der Waals surface area contributed by atoms with Gasteiger partial charge in [0, 0.05) is 31.7 Å². The second kappa shape index (κ2) is 23.0. The molecule has 0 bridgehead atoms. The lowest BCUT2D eigenvalue weighted by Gasteiger charge is -2.39. The summed E-state index contributed by atoms with van der Waals surface area (Å²) in [6, 6.07) is 20.3. The number of alkyl halides is 6. The molecule has 392 valence electrons. The van der Waals surface area contributed by atoms with Gasteiger partial charge in [0.25, 0.3) is 0 Å². The van der Waals surface area contributed by atoms with E-state index in [9.17, 15) is 26.3 Å². The summed E-state index contributed by atoms with van der Waals surface area (Å²) in [6.45, 7) is 22.4. The average molecular weight is 1050 g/mol.